The normalized spacial score (nSPS) is 10.3. The van der Waals surface area contributed by atoms with Crippen molar-refractivity contribution >= 4 is 29.6 Å². The van der Waals surface area contributed by atoms with E-state index in [1.807, 2.05) is 67.3 Å². The quantitative estimate of drug-likeness (QED) is 0.588. The maximum atomic E-state index is 11.3. The molecule has 0 saturated heterocycles. The van der Waals surface area contributed by atoms with Crippen molar-refractivity contribution in [3.63, 3.8) is 0 Å². The molecule has 0 spiro atoms. The first-order chi connectivity index (χ1) is 12.1. The van der Waals surface area contributed by atoms with Gasteiger partial charge in [0.2, 0.25) is 0 Å². The van der Waals surface area contributed by atoms with Crippen LogP contribution < -0.4 is 4.90 Å². The Kier molecular flexibility index (Phi) is 4.75. The fourth-order valence-electron chi connectivity index (χ4n) is 2.76. The molecular formula is C22H19NO2. The number of carbonyl (C=O) groups is 2. The van der Waals surface area contributed by atoms with Gasteiger partial charge in [0.15, 0.2) is 0 Å². The van der Waals surface area contributed by atoms with Gasteiger partial charge < -0.3 is 4.90 Å². The summed E-state index contributed by atoms with van der Waals surface area (Å²) in [5.41, 5.74) is 6.00. The van der Waals surface area contributed by atoms with Gasteiger partial charge in [-0.05, 0) is 56.3 Å². The van der Waals surface area contributed by atoms with Crippen LogP contribution in [-0.4, -0.2) is 12.6 Å². The minimum absolute atomic E-state index is 0.476. The molecule has 0 unspecified atom stereocenters. The second-order valence-electron chi connectivity index (χ2n) is 6.10. The maximum absolute atomic E-state index is 11.3. The smallest absolute Gasteiger partial charge is 0.150 e. The largest absolute Gasteiger partial charge is 0.310 e. The number of nitrogens with zero attached hydrogens (tertiary/aromatic N) is 1. The fraction of sp³-hybridized carbons (Fsp3) is 0.0909. The van der Waals surface area contributed by atoms with Crippen molar-refractivity contribution in [3.8, 4) is 0 Å². The Morgan fingerprint density at radius 2 is 1.00 bits per heavy atom. The molecule has 0 amide bonds. The lowest BCUT2D eigenvalue weighted by Gasteiger charge is -2.26. The summed E-state index contributed by atoms with van der Waals surface area (Å²) in [7, 11) is 0. The molecule has 0 atom stereocenters. The molecule has 0 fully saturated rings. The van der Waals surface area contributed by atoms with E-state index in [1.54, 1.807) is 18.2 Å². The van der Waals surface area contributed by atoms with Crippen LogP contribution in [0.1, 0.15) is 31.8 Å². The predicted octanol–water partition coefficient (Wildman–Crippen LogP) is 5.40. The fourth-order valence-corrected chi connectivity index (χ4v) is 2.76. The molecule has 3 nitrogen and oxygen atoms in total. The molecule has 0 heterocycles. The van der Waals surface area contributed by atoms with Crippen molar-refractivity contribution in [2.45, 2.75) is 13.8 Å². The van der Waals surface area contributed by atoms with Crippen LogP contribution in [0.15, 0.2) is 66.7 Å². The van der Waals surface area contributed by atoms with Gasteiger partial charge in [-0.2, -0.15) is 0 Å². The lowest BCUT2D eigenvalue weighted by molar-refractivity contribution is 0.112. The Labute approximate surface area is 147 Å². The van der Waals surface area contributed by atoms with Gasteiger partial charge in [-0.15, -0.1) is 0 Å². The molecule has 0 saturated carbocycles. The molecule has 0 N–H and O–H groups in total. The van der Waals surface area contributed by atoms with Crippen LogP contribution in [0.2, 0.25) is 0 Å². The van der Waals surface area contributed by atoms with E-state index in [0.717, 1.165) is 29.6 Å². The first-order valence-electron chi connectivity index (χ1n) is 8.09. The zero-order chi connectivity index (χ0) is 17.8. The number of aldehydes is 2. The zero-order valence-electron chi connectivity index (χ0n) is 14.3. The lowest BCUT2D eigenvalue weighted by atomic mass is 10.1. The van der Waals surface area contributed by atoms with Crippen LogP contribution in [0, 0.1) is 13.8 Å². The molecular weight excluding hydrogens is 310 g/mol. The number of carbonyl (C=O) groups excluding carboxylic acids is 2. The number of hydrogen-bond acceptors (Lipinski definition) is 3. The van der Waals surface area contributed by atoms with E-state index >= 15 is 0 Å². The van der Waals surface area contributed by atoms with E-state index < -0.39 is 0 Å². The molecule has 0 aliphatic carbocycles. The van der Waals surface area contributed by atoms with Gasteiger partial charge in [0, 0.05) is 28.2 Å². The molecule has 3 rings (SSSR count). The molecule has 25 heavy (non-hydrogen) atoms. The summed E-state index contributed by atoms with van der Waals surface area (Å²) >= 11 is 0. The second kappa shape index (κ2) is 7.14. The monoisotopic (exact) mass is 329 g/mol. The van der Waals surface area contributed by atoms with Crippen LogP contribution in [0.5, 0.6) is 0 Å². The molecule has 0 bridgehead atoms. The van der Waals surface area contributed by atoms with Crippen LogP contribution in [0.3, 0.4) is 0 Å². The SMILES string of the molecule is Cc1ccc(N(c2ccc(C)cc2)c2cc(C=O)cc(C=O)c2)cc1. The Morgan fingerprint density at radius 3 is 1.36 bits per heavy atom. The minimum Gasteiger partial charge on any atom is -0.310 e. The number of aryl methyl sites for hydroxylation is 2. The highest BCUT2D eigenvalue weighted by atomic mass is 16.1. The zero-order valence-corrected chi connectivity index (χ0v) is 14.3. The van der Waals surface area contributed by atoms with E-state index in [9.17, 15) is 9.59 Å². The topological polar surface area (TPSA) is 37.4 Å². The summed E-state index contributed by atoms with van der Waals surface area (Å²) in [4.78, 5) is 24.6. The third-order valence-electron chi connectivity index (χ3n) is 4.08. The molecule has 0 aromatic heterocycles. The van der Waals surface area contributed by atoms with Crippen molar-refractivity contribution < 1.29 is 9.59 Å². The second-order valence-corrected chi connectivity index (χ2v) is 6.10. The van der Waals surface area contributed by atoms with Crippen LogP contribution in [0.25, 0.3) is 0 Å². The summed E-state index contributed by atoms with van der Waals surface area (Å²) < 4.78 is 0. The van der Waals surface area contributed by atoms with Gasteiger partial charge in [-0.1, -0.05) is 35.4 Å². The van der Waals surface area contributed by atoms with Gasteiger partial charge in [0.25, 0.3) is 0 Å². The Bertz CT molecular complexity index is 825. The summed E-state index contributed by atoms with van der Waals surface area (Å²) in [5.74, 6) is 0. The van der Waals surface area contributed by atoms with Gasteiger partial charge in [-0.25, -0.2) is 0 Å². The molecule has 3 aromatic rings. The summed E-state index contributed by atoms with van der Waals surface area (Å²) in [6, 6.07) is 21.5. The summed E-state index contributed by atoms with van der Waals surface area (Å²) in [6.07, 6.45) is 1.53. The Balaban J connectivity index is 2.20. The number of hydrogen-bond donors (Lipinski definition) is 0. The first kappa shape index (κ1) is 16.7. The molecule has 3 aromatic carbocycles. The van der Waals surface area contributed by atoms with Crippen molar-refractivity contribution in [1.82, 2.24) is 0 Å². The highest BCUT2D eigenvalue weighted by Crippen LogP contribution is 2.35. The van der Waals surface area contributed by atoms with Crippen molar-refractivity contribution in [2.24, 2.45) is 0 Å². The third-order valence-corrected chi connectivity index (χ3v) is 4.08. The Morgan fingerprint density at radius 1 is 0.600 bits per heavy atom. The van der Waals surface area contributed by atoms with E-state index in [1.165, 1.54) is 11.1 Å². The molecule has 0 aliphatic heterocycles. The predicted molar refractivity (Wildman–Crippen MR) is 101 cm³/mol. The first-order valence-corrected chi connectivity index (χ1v) is 8.09. The summed E-state index contributed by atoms with van der Waals surface area (Å²) in [6.45, 7) is 4.08. The van der Waals surface area contributed by atoms with Gasteiger partial charge in [0.1, 0.15) is 12.6 Å². The highest BCUT2D eigenvalue weighted by molar-refractivity contribution is 5.88. The molecule has 0 aliphatic rings. The van der Waals surface area contributed by atoms with Gasteiger partial charge >= 0.3 is 0 Å². The van der Waals surface area contributed by atoms with E-state index in [-0.39, 0.29) is 0 Å². The number of anilines is 3. The molecule has 3 heteroatoms. The average molecular weight is 329 g/mol. The molecule has 0 radical (unpaired) electrons. The summed E-state index contributed by atoms with van der Waals surface area (Å²) in [5, 5.41) is 0. The van der Waals surface area contributed by atoms with Gasteiger partial charge in [-0.3, -0.25) is 9.59 Å². The Hall–Kier alpha value is -3.20. The lowest BCUT2D eigenvalue weighted by Crippen LogP contribution is -2.11. The van der Waals surface area contributed by atoms with Crippen molar-refractivity contribution in [1.29, 1.82) is 0 Å². The number of rotatable bonds is 5. The maximum Gasteiger partial charge on any atom is 0.150 e. The average Bonchev–Trinajstić information content (AvgIpc) is 2.64. The highest BCUT2D eigenvalue weighted by Gasteiger charge is 2.14. The van der Waals surface area contributed by atoms with Crippen LogP contribution in [-0.2, 0) is 0 Å². The minimum atomic E-state index is 0.476. The van der Waals surface area contributed by atoms with E-state index in [2.05, 4.69) is 0 Å². The third kappa shape index (κ3) is 3.66. The standard InChI is InChI=1S/C22H19NO2/c1-16-3-7-20(8-4-16)23(21-9-5-17(2)6-10-21)22-12-18(14-24)11-19(13-22)15-25/h3-15H,1-2H3. The van der Waals surface area contributed by atoms with Gasteiger partial charge in [0.05, 0.1) is 0 Å². The van der Waals surface area contributed by atoms with Crippen molar-refractivity contribution in [2.75, 3.05) is 4.90 Å². The molecule has 124 valence electrons. The van der Waals surface area contributed by atoms with E-state index in [4.69, 9.17) is 0 Å². The van der Waals surface area contributed by atoms with Crippen LogP contribution >= 0.6 is 0 Å². The van der Waals surface area contributed by atoms with Crippen molar-refractivity contribution in [3.05, 3.63) is 89.0 Å². The van der Waals surface area contributed by atoms with E-state index in [0.29, 0.717) is 11.1 Å². The van der Waals surface area contributed by atoms with Crippen LogP contribution in [0.4, 0.5) is 17.1 Å². The number of benzene rings is 3.